The maximum absolute atomic E-state index is 15.4. The van der Waals surface area contributed by atoms with Crippen LogP contribution in [-0.2, 0) is 31.0 Å². The van der Waals surface area contributed by atoms with Gasteiger partial charge in [-0.2, -0.15) is 5.01 Å². The molecule has 8 rings (SSSR count). The van der Waals surface area contributed by atoms with Crippen molar-refractivity contribution in [3.05, 3.63) is 137 Å². The lowest BCUT2D eigenvalue weighted by atomic mass is 9.49. The van der Waals surface area contributed by atoms with E-state index in [1.165, 1.54) is 4.90 Å². The molecule has 0 bridgehead atoms. The Kier molecular flexibility index (Phi) is 8.86. The Morgan fingerprint density at radius 1 is 0.830 bits per heavy atom. The molecular formula is C43H41N3O7. The van der Waals surface area contributed by atoms with Crippen LogP contribution in [0.25, 0.3) is 0 Å². The average molecular weight is 712 g/mol. The second-order valence-corrected chi connectivity index (χ2v) is 14.4. The number of fused-ring (bicyclic) bond motifs is 4. The largest absolute Gasteiger partial charge is 0.508 e. The van der Waals surface area contributed by atoms with Gasteiger partial charge in [0, 0.05) is 18.0 Å². The Hall–Kier alpha value is -5.74. The number of aliphatic hydroxyl groups excluding tert-OH is 1. The van der Waals surface area contributed by atoms with Gasteiger partial charge in [-0.15, -0.1) is 0 Å². The fourth-order valence-corrected chi connectivity index (χ4v) is 9.29. The molecule has 10 nitrogen and oxygen atoms in total. The number of aromatic hydroxyl groups is 1. The van der Waals surface area contributed by atoms with Crippen LogP contribution >= 0.6 is 0 Å². The number of phenolic OH excluding ortho intramolecular Hbond substituents is 1. The number of amides is 4. The summed E-state index contributed by atoms with van der Waals surface area (Å²) in [6, 6.07) is 30.9. The van der Waals surface area contributed by atoms with E-state index in [-0.39, 0.29) is 43.7 Å². The fraction of sp³-hybridized carbons (Fsp3) is 0.302. The second kappa shape index (κ2) is 13.7. The third-order valence-corrected chi connectivity index (χ3v) is 11.6. The van der Waals surface area contributed by atoms with Gasteiger partial charge in [0.25, 0.3) is 11.8 Å². The van der Waals surface area contributed by atoms with Crippen LogP contribution in [0.15, 0.2) is 115 Å². The quantitative estimate of drug-likeness (QED) is 0.149. The van der Waals surface area contributed by atoms with Crippen molar-refractivity contribution in [2.24, 2.45) is 23.7 Å². The van der Waals surface area contributed by atoms with Gasteiger partial charge in [-0.1, -0.05) is 90.0 Å². The molecule has 3 N–H and O–H groups in total. The molecule has 2 heterocycles. The molecule has 0 aromatic heterocycles. The van der Waals surface area contributed by atoms with Gasteiger partial charge in [-0.25, -0.2) is 0 Å². The highest BCUT2D eigenvalue weighted by Crippen LogP contribution is 2.64. The van der Waals surface area contributed by atoms with Gasteiger partial charge in [-0.05, 0) is 73.6 Å². The lowest BCUT2D eigenvalue weighted by molar-refractivity contribution is -0.141. The Bertz CT molecular complexity index is 2100. The normalized spacial score (nSPS) is 26.2. The molecule has 2 aliphatic heterocycles. The number of anilines is 1. The predicted octanol–water partition coefficient (Wildman–Crippen LogP) is 5.30. The van der Waals surface area contributed by atoms with Crippen LogP contribution in [0.1, 0.15) is 41.0 Å². The molecule has 0 spiro atoms. The molecule has 270 valence electrons. The van der Waals surface area contributed by atoms with Crippen molar-refractivity contribution in [1.29, 1.82) is 0 Å². The van der Waals surface area contributed by atoms with E-state index in [1.54, 1.807) is 30.3 Å². The highest BCUT2D eigenvalue weighted by molar-refractivity contribution is 6.13. The standard InChI is InChI=1S/C43H41N3O7/c1-26-11-15-29(16-12-26)44-46-40(50)35-25-34-31(19-20-33-37(34)41(51)45(39(33)49)22-21-27-13-17-30(48)18-14-27)38(32-9-5-6-10-36(32)53-24-23-47)43(35,42(46)52)28-7-3-2-4-8-28/h2-19,33-35,37-38,44,47-48H,20-25H2,1H3. The first-order chi connectivity index (χ1) is 25.7. The lowest BCUT2D eigenvalue weighted by Gasteiger charge is -2.50. The number of nitrogens with zero attached hydrogens (tertiary/aromatic N) is 2. The van der Waals surface area contributed by atoms with Gasteiger partial charge >= 0.3 is 0 Å². The first kappa shape index (κ1) is 34.4. The van der Waals surface area contributed by atoms with Crippen molar-refractivity contribution in [2.45, 2.75) is 37.5 Å². The molecule has 1 saturated carbocycles. The summed E-state index contributed by atoms with van der Waals surface area (Å²) >= 11 is 0. The Morgan fingerprint density at radius 2 is 1.55 bits per heavy atom. The van der Waals surface area contributed by atoms with Crippen LogP contribution < -0.4 is 10.2 Å². The minimum Gasteiger partial charge on any atom is -0.508 e. The molecule has 4 amide bonds. The predicted molar refractivity (Wildman–Crippen MR) is 196 cm³/mol. The molecule has 53 heavy (non-hydrogen) atoms. The van der Waals surface area contributed by atoms with Gasteiger partial charge < -0.3 is 14.9 Å². The molecule has 6 atom stereocenters. The number of hydrogen-bond acceptors (Lipinski definition) is 8. The minimum atomic E-state index is -1.42. The third kappa shape index (κ3) is 5.60. The van der Waals surface area contributed by atoms with E-state index in [0.717, 1.165) is 21.7 Å². The summed E-state index contributed by atoms with van der Waals surface area (Å²) in [6.45, 7) is 1.96. The van der Waals surface area contributed by atoms with E-state index in [1.807, 2.05) is 85.8 Å². The van der Waals surface area contributed by atoms with E-state index < -0.39 is 46.8 Å². The van der Waals surface area contributed by atoms with Crippen LogP contribution in [0.2, 0.25) is 0 Å². The molecule has 2 saturated heterocycles. The summed E-state index contributed by atoms with van der Waals surface area (Å²) in [5, 5.41) is 20.6. The zero-order valence-electron chi connectivity index (χ0n) is 29.4. The first-order valence-electron chi connectivity index (χ1n) is 18.2. The number of ether oxygens (including phenoxy) is 1. The van der Waals surface area contributed by atoms with Crippen LogP contribution in [0.3, 0.4) is 0 Å². The maximum atomic E-state index is 15.4. The van der Waals surface area contributed by atoms with Crippen molar-refractivity contribution in [2.75, 3.05) is 25.2 Å². The summed E-state index contributed by atoms with van der Waals surface area (Å²) < 4.78 is 6.12. The zero-order valence-corrected chi connectivity index (χ0v) is 29.4. The molecule has 4 aromatic carbocycles. The van der Waals surface area contributed by atoms with Crippen LogP contribution in [0, 0.1) is 30.6 Å². The van der Waals surface area contributed by atoms with Crippen molar-refractivity contribution in [3.63, 3.8) is 0 Å². The smallest absolute Gasteiger partial charge is 0.260 e. The minimum absolute atomic E-state index is 0.0234. The topological polar surface area (TPSA) is 136 Å². The summed E-state index contributed by atoms with van der Waals surface area (Å²) in [6.07, 6.45) is 2.98. The van der Waals surface area contributed by atoms with E-state index >= 15 is 4.79 Å². The molecule has 4 aromatic rings. The molecule has 10 heteroatoms. The number of phenols is 1. The molecule has 3 fully saturated rings. The van der Waals surface area contributed by atoms with Gasteiger partial charge in [-0.3, -0.25) is 29.5 Å². The van der Waals surface area contributed by atoms with Gasteiger partial charge in [0.05, 0.1) is 35.5 Å². The monoisotopic (exact) mass is 711 g/mol. The second-order valence-electron chi connectivity index (χ2n) is 14.4. The van der Waals surface area contributed by atoms with Crippen molar-refractivity contribution in [3.8, 4) is 11.5 Å². The number of aliphatic hydroxyl groups is 1. The van der Waals surface area contributed by atoms with Crippen LogP contribution in [-0.4, -0.2) is 63.5 Å². The molecular weight excluding hydrogens is 670 g/mol. The Balaban J connectivity index is 1.26. The van der Waals surface area contributed by atoms with Crippen LogP contribution in [0.5, 0.6) is 11.5 Å². The summed E-state index contributed by atoms with van der Waals surface area (Å²) in [4.78, 5) is 60.0. The number of hydrogen-bond donors (Lipinski definition) is 3. The Morgan fingerprint density at radius 3 is 2.28 bits per heavy atom. The van der Waals surface area contributed by atoms with E-state index in [0.29, 0.717) is 35.4 Å². The summed E-state index contributed by atoms with van der Waals surface area (Å²) in [7, 11) is 0. The number of hydrazine groups is 1. The number of para-hydroxylation sites is 1. The van der Waals surface area contributed by atoms with Gasteiger partial charge in [0.15, 0.2) is 0 Å². The highest BCUT2D eigenvalue weighted by Gasteiger charge is 2.70. The van der Waals surface area contributed by atoms with Gasteiger partial charge in [0.1, 0.15) is 18.1 Å². The van der Waals surface area contributed by atoms with Gasteiger partial charge in [0.2, 0.25) is 11.8 Å². The number of rotatable bonds is 10. The number of allylic oxidation sites excluding steroid dienone is 2. The molecule has 0 radical (unpaired) electrons. The molecule has 4 aliphatic rings. The van der Waals surface area contributed by atoms with Crippen molar-refractivity contribution >= 4 is 29.3 Å². The lowest BCUT2D eigenvalue weighted by Crippen LogP contribution is -2.53. The Labute approximate surface area is 307 Å². The zero-order chi connectivity index (χ0) is 36.9. The number of aryl methyl sites for hydroxylation is 1. The highest BCUT2D eigenvalue weighted by atomic mass is 16.5. The SMILES string of the molecule is Cc1ccc(NN2C(=O)C3CC4C(=CCC5C(=O)N(CCc6ccc(O)cc6)C(=O)C54)C(c4ccccc4OCCO)C3(c3ccccc3)C2=O)cc1. The number of likely N-dealkylation sites (tertiary alicyclic amines) is 1. The number of carbonyl (C=O) groups excluding carboxylic acids is 4. The average Bonchev–Trinajstić information content (AvgIpc) is 3.55. The number of nitrogens with one attached hydrogen (secondary N) is 1. The summed E-state index contributed by atoms with van der Waals surface area (Å²) in [5.41, 5.74) is 6.39. The summed E-state index contributed by atoms with van der Waals surface area (Å²) in [5.74, 6) is -4.11. The van der Waals surface area contributed by atoms with Crippen LogP contribution in [0.4, 0.5) is 5.69 Å². The van der Waals surface area contributed by atoms with E-state index in [9.17, 15) is 24.6 Å². The number of benzene rings is 4. The number of carbonyl (C=O) groups is 4. The van der Waals surface area contributed by atoms with E-state index in [2.05, 4.69) is 5.43 Å². The van der Waals surface area contributed by atoms with Crippen molar-refractivity contribution < 1.29 is 34.1 Å². The maximum Gasteiger partial charge on any atom is 0.260 e. The number of imide groups is 2. The molecule has 6 unspecified atom stereocenters. The third-order valence-electron chi connectivity index (χ3n) is 11.6. The molecule has 2 aliphatic carbocycles. The van der Waals surface area contributed by atoms with E-state index in [4.69, 9.17) is 4.74 Å². The first-order valence-corrected chi connectivity index (χ1v) is 18.2. The van der Waals surface area contributed by atoms with Crippen molar-refractivity contribution in [1.82, 2.24) is 9.91 Å². The fourth-order valence-electron chi connectivity index (χ4n) is 9.29.